The molecule has 128 valence electrons. The second kappa shape index (κ2) is 5.28. The fourth-order valence-corrected chi connectivity index (χ4v) is 4.62. The minimum Gasteiger partial charge on any atom is -0.497 e. The maximum absolute atomic E-state index is 6.41. The molecule has 0 fully saturated rings. The Balaban J connectivity index is 1.98. The smallest absolute Gasteiger partial charge is 0.169 e. The van der Waals surface area contributed by atoms with Gasteiger partial charge < -0.3 is 14.2 Å². The Bertz CT molecular complexity index is 751. The molecule has 0 saturated carbocycles. The van der Waals surface area contributed by atoms with Crippen molar-refractivity contribution in [2.24, 2.45) is 0 Å². The molecule has 0 bridgehead atoms. The van der Waals surface area contributed by atoms with E-state index in [1.165, 1.54) is 16.7 Å². The highest BCUT2D eigenvalue weighted by Gasteiger charge is 2.57. The molecule has 2 aliphatic carbocycles. The zero-order chi connectivity index (χ0) is 17.1. The molecule has 0 aromatic heterocycles. The van der Waals surface area contributed by atoms with E-state index in [1.807, 2.05) is 6.07 Å². The van der Waals surface area contributed by atoms with Gasteiger partial charge in [0.2, 0.25) is 0 Å². The molecular formula is C20H25NO3. The standard InChI is InChI=1S/C20H25NO3/c1-6-21(3)14-11-12-7-9-15(22-4)18-17(12)20(2)13(14)8-10-16(23-5)19(20)24-18/h7-10,14,19H,6,11H2,1-5H3/t14-,19+,20+/m1/s1. The van der Waals surface area contributed by atoms with Crippen LogP contribution in [0.25, 0.3) is 0 Å². The highest BCUT2D eigenvalue weighted by Crippen LogP contribution is 2.59. The summed E-state index contributed by atoms with van der Waals surface area (Å²) >= 11 is 0. The van der Waals surface area contributed by atoms with Crippen LogP contribution in [0.1, 0.15) is 25.0 Å². The first-order valence-corrected chi connectivity index (χ1v) is 8.59. The van der Waals surface area contributed by atoms with Crippen molar-refractivity contribution in [3.8, 4) is 11.5 Å². The summed E-state index contributed by atoms with van der Waals surface area (Å²) < 4.78 is 17.6. The second-order valence-electron chi connectivity index (χ2n) is 7.02. The molecule has 3 aliphatic rings. The van der Waals surface area contributed by atoms with Crippen molar-refractivity contribution in [3.05, 3.63) is 46.7 Å². The average Bonchev–Trinajstić information content (AvgIpc) is 2.93. The molecule has 4 rings (SSSR count). The van der Waals surface area contributed by atoms with Gasteiger partial charge in [-0.3, -0.25) is 4.90 Å². The topological polar surface area (TPSA) is 30.9 Å². The van der Waals surface area contributed by atoms with E-state index in [9.17, 15) is 0 Å². The van der Waals surface area contributed by atoms with Gasteiger partial charge in [-0.1, -0.05) is 19.1 Å². The lowest BCUT2D eigenvalue weighted by Gasteiger charge is -2.46. The highest BCUT2D eigenvalue weighted by molar-refractivity contribution is 5.66. The van der Waals surface area contributed by atoms with Crippen molar-refractivity contribution in [1.29, 1.82) is 0 Å². The molecule has 0 amide bonds. The summed E-state index contributed by atoms with van der Waals surface area (Å²) in [7, 11) is 5.62. The van der Waals surface area contributed by atoms with E-state index in [0.717, 1.165) is 30.2 Å². The number of ether oxygens (including phenoxy) is 3. The molecule has 1 aliphatic heterocycles. The van der Waals surface area contributed by atoms with Crippen molar-refractivity contribution >= 4 is 0 Å². The third-order valence-electron chi connectivity index (χ3n) is 6.03. The molecule has 4 nitrogen and oxygen atoms in total. The van der Waals surface area contributed by atoms with Crippen molar-refractivity contribution < 1.29 is 14.2 Å². The van der Waals surface area contributed by atoms with Crippen LogP contribution >= 0.6 is 0 Å². The third-order valence-corrected chi connectivity index (χ3v) is 6.03. The number of rotatable bonds is 4. The molecule has 1 heterocycles. The fraction of sp³-hybridized carbons (Fsp3) is 0.500. The van der Waals surface area contributed by atoms with Crippen LogP contribution in [-0.4, -0.2) is 44.9 Å². The van der Waals surface area contributed by atoms with Gasteiger partial charge in [0, 0.05) is 11.6 Å². The zero-order valence-corrected chi connectivity index (χ0v) is 15.1. The maximum Gasteiger partial charge on any atom is 0.169 e. The van der Waals surface area contributed by atoms with Gasteiger partial charge >= 0.3 is 0 Å². The Hall–Kier alpha value is -1.94. The quantitative estimate of drug-likeness (QED) is 0.850. The van der Waals surface area contributed by atoms with Gasteiger partial charge in [-0.25, -0.2) is 0 Å². The lowest BCUT2D eigenvalue weighted by atomic mass is 9.62. The number of nitrogens with zero attached hydrogens (tertiary/aromatic N) is 1. The summed E-state index contributed by atoms with van der Waals surface area (Å²) in [5.41, 5.74) is 3.85. The number of hydrogen-bond acceptors (Lipinski definition) is 4. The van der Waals surface area contributed by atoms with E-state index < -0.39 is 0 Å². The van der Waals surface area contributed by atoms with E-state index in [0.29, 0.717) is 6.04 Å². The van der Waals surface area contributed by atoms with Crippen LogP contribution in [0.3, 0.4) is 0 Å². The van der Waals surface area contributed by atoms with E-state index in [4.69, 9.17) is 14.2 Å². The van der Waals surface area contributed by atoms with Crippen LogP contribution in [0.5, 0.6) is 11.5 Å². The average molecular weight is 327 g/mol. The molecule has 1 aromatic carbocycles. The molecular weight excluding hydrogens is 302 g/mol. The lowest BCUT2D eigenvalue weighted by molar-refractivity contribution is 0.111. The van der Waals surface area contributed by atoms with E-state index in [2.05, 4.69) is 44.0 Å². The van der Waals surface area contributed by atoms with E-state index >= 15 is 0 Å². The first kappa shape index (κ1) is 15.6. The van der Waals surface area contributed by atoms with Gasteiger partial charge in [0.15, 0.2) is 17.6 Å². The van der Waals surface area contributed by atoms with Crippen molar-refractivity contribution in [1.82, 2.24) is 4.90 Å². The van der Waals surface area contributed by atoms with Crippen LogP contribution in [-0.2, 0) is 16.6 Å². The molecule has 0 saturated heterocycles. The highest BCUT2D eigenvalue weighted by atomic mass is 16.6. The lowest BCUT2D eigenvalue weighted by Crippen LogP contribution is -2.51. The number of allylic oxidation sites excluding steroid dienone is 2. The summed E-state index contributed by atoms with van der Waals surface area (Å²) in [4.78, 5) is 2.42. The van der Waals surface area contributed by atoms with Crippen LogP contribution < -0.4 is 9.47 Å². The Morgan fingerprint density at radius 3 is 2.71 bits per heavy atom. The van der Waals surface area contributed by atoms with Crippen LogP contribution in [0.4, 0.5) is 0 Å². The zero-order valence-electron chi connectivity index (χ0n) is 15.1. The van der Waals surface area contributed by atoms with Gasteiger partial charge in [-0.05, 0) is 50.2 Å². The predicted octanol–water partition coefficient (Wildman–Crippen LogP) is 3.06. The minimum absolute atomic E-state index is 0.124. The largest absolute Gasteiger partial charge is 0.497 e. The number of methoxy groups -OCH3 is 2. The summed E-state index contributed by atoms with van der Waals surface area (Å²) in [5.74, 6) is 2.57. The maximum atomic E-state index is 6.41. The Morgan fingerprint density at radius 2 is 2.04 bits per heavy atom. The number of likely N-dealkylation sites (N-methyl/N-ethyl adjacent to an activating group) is 1. The molecule has 1 aromatic rings. The molecule has 0 radical (unpaired) electrons. The number of benzene rings is 1. The van der Waals surface area contributed by atoms with Gasteiger partial charge in [0.1, 0.15) is 5.76 Å². The summed E-state index contributed by atoms with van der Waals surface area (Å²) in [6.07, 6.45) is 5.19. The molecule has 0 unspecified atom stereocenters. The van der Waals surface area contributed by atoms with Gasteiger partial charge in [0.05, 0.1) is 19.6 Å². The van der Waals surface area contributed by atoms with Crippen LogP contribution in [0, 0.1) is 0 Å². The van der Waals surface area contributed by atoms with E-state index in [1.54, 1.807) is 14.2 Å². The van der Waals surface area contributed by atoms with Gasteiger partial charge in [0.25, 0.3) is 0 Å². The Labute approximate surface area is 143 Å². The normalized spacial score (nSPS) is 29.6. The van der Waals surface area contributed by atoms with Crippen molar-refractivity contribution in [2.45, 2.75) is 37.8 Å². The number of hydrogen-bond donors (Lipinski definition) is 0. The monoisotopic (exact) mass is 327 g/mol. The molecule has 4 heteroatoms. The minimum atomic E-state index is -0.203. The van der Waals surface area contributed by atoms with Gasteiger partial charge in [-0.2, -0.15) is 0 Å². The van der Waals surface area contributed by atoms with Crippen molar-refractivity contribution in [3.63, 3.8) is 0 Å². The third kappa shape index (κ3) is 1.78. The molecule has 0 spiro atoms. The first-order chi connectivity index (χ1) is 11.6. The predicted molar refractivity (Wildman–Crippen MR) is 93.7 cm³/mol. The summed E-state index contributed by atoms with van der Waals surface area (Å²) in [5, 5.41) is 0. The van der Waals surface area contributed by atoms with Gasteiger partial charge in [-0.15, -0.1) is 0 Å². The summed E-state index contributed by atoms with van der Waals surface area (Å²) in [6, 6.07) is 4.61. The molecule has 24 heavy (non-hydrogen) atoms. The molecule has 0 N–H and O–H groups in total. The SMILES string of the molecule is CCN(C)[C@@H]1Cc2ccc(OC)c3c2[C@]2(C)C1=CC=C(OC)[C@@H]2O3. The fourth-order valence-electron chi connectivity index (χ4n) is 4.62. The van der Waals surface area contributed by atoms with Crippen LogP contribution in [0.2, 0.25) is 0 Å². The second-order valence-corrected chi connectivity index (χ2v) is 7.02. The summed E-state index contributed by atoms with van der Waals surface area (Å²) in [6.45, 7) is 5.52. The molecule has 3 atom stereocenters. The first-order valence-electron chi connectivity index (χ1n) is 8.59. The Morgan fingerprint density at radius 1 is 1.25 bits per heavy atom. The van der Waals surface area contributed by atoms with E-state index in [-0.39, 0.29) is 11.5 Å². The Kier molecular flexibility index (Phi) is 3.43. The van der Waals surface area contributed by atoms with Crippen molar-refractivity contribution in [2.75, 3.05) is 27.8 Å². The van der Waals surface area contributed by atoms with Crippen LogP contribution in [0.15, 0.2) is 35.6 Å².